The van der Waals surface area contributed by atoms with Gasteiger partial charge < -0.3 is 5.32 Å². The molecule has 21 heavy (non-hydrogen) atoms. The zero-order chi connectivity index (χ0) is 14.8. The minimum Gasteiger partial charge on any atom is -0.353 e. The van der Waals surface area contributed by atoms with Gasteiger partial charge in [-0.2, -0.15) is 0 Å². The monoisotopic (exact) mass is 289 g/mol. The Labute approximate surface area is 129 Å². The molecular weight excluding hydrogens is 258 g/mol. The lowest BCUT2D eigenvalue weighted by atomic mass is 9.45. The van der Waals surface area contributed by atoms with Gasteiger partial charge in [0, 0.05) is 12.5 Å². The predicted molar refractivity (Wildman–Crippen MR) is 84.7 cm³/mol. The van der Waals surface area contributed by atoms with Gasteiger partial charge in [0.1, 0.15) is 0 Å². The van der Waals surface area contributed by atoms with E-state index in [-0.39, 0.29) is 0 Å². The van der Waals surface area contributed by atoms with Crippen LogP contribution >= 0.6 is 0 Å². The van der Waals surface area contributed by atoms with Crippen LogP contribution < -0.4 is 5.32 Å². The number of fused-ring (bicyclic) bond motifs is 5. The van der Waals surface area contributed by atoms with Crippen LogP contribution in [0.2, 0.25) is 0 Å². The Morgan fingerprint density at radius 2 is 1.90 bits per heavy atom. The van der Waals surface area contributed by atoms with Gasteiger partial charge in [-0.25, -0.2) is 0 Å². The highest BCUT2D eigenvalue weighted by atomic mass is 16.1. The van der Waals surface area contributed by atoms with E-state index in [2.05, 4.69) is 26.1 Å². The fourth-order valence-electron chi connectivity index (χ4n) is 7.04. The van der Waals surface area contributed by atoms with Gasteiger partial charge in [-0.15, -0.1) is 0 Å². The Bertz CT molecular complexity index is 460. The maximum Gasteiger partial charge on any atom is 0.220 e. The first-order chi connectivity index (χ1) is 9.94. The first kappa shape index (κ1) is 14.1. The molecule has 3 aliphatic carbocycles. The topological polar surface area (TPSA) is 29.1 Å². The summed E-state index contributed by atoms with van der Waals surface area (Å²) < 4.78 is 0. The fraction of sp³-hybridized carbons (Fsp3) is 0.947. The first-order valence-electron chi connectivity index (χ1n) is 9.23. The van der Waals surface area contributed by atoms with Crippen LogP contribution in [0.5, 0.6) is 0 Å². The third-order valence-electron chi connectivity index (χ3n) is 8.25. The highest BCUT2D eigenvalue weighted by molar-refractivity contribution is 5.77. The summed E-state index contributed by atoms with van der Waals surface area (Å²) in [5, 5.41) is 3.35. The number of piperidine rings is 1. The van der Waals surface area contributed by atoms with E-state index in [1.807, 2.05) is 0 Å². The van der Waals surface area contributed by atoms with Crippen LogP contribution in [0.1, 0.15) is 72.1 Å². The molecule has 1 saturated heterocycles. The van der Waals surface area contributed by atoms with Gasteiger partial charge in [0.2, 0.25) is 5.91 Å². The number of carbonyl (C=O) groups is 1. The number of nitrogens with one attached hydrogen (secondary N) is 1. The normalized spacial score (nSPS) is 56.1. The molecule has 0 aromatic rings. The zero-order valence-electron chi connectivity index (χ0n) is 14.0. The molecular formula is C19H31NO. The van der Waals surface area contributed by atoms with E-state index >= 15 is 0 Å². The van der Waals surface area contributed by atoms with Crippen LogP contribution in [0.4, 0.5) is 0 Å². The maximum absolute atomic E-state index is 11.8. The third kappa shape index (κ3) is 1.86. The summed E-state index contributed by atoms with van der Waals surface area (Å²) in [6, 6.07) is 0.445. The predicted octanol–water partition coefficient (Wildman–Crippen LogP) is 4.14. The molecule has 1 heterocycles. The standard InChI is InChI=1S/C19H31NO/c1-12-11-15-19(3,10-7-16(21)20-15)14-6-9-18(2)8-4-5-13(18)17(12)14/h12-15,17H,4-11H2,1-3H3,(H,20,21)/t12?,13?,14?,15?,17?,18-,19+/m0/s1. The molecule has 2 heteroatoms. The van der Waals surface area contributed by atoms with Gasteiger partial charge in [-0.3, -0.25) is 4.79 Å². The smallest absolute Gasteiger partial charge is 0.220 e. The molecule has 1 N–H and O–H groups in total. The molecule has 2 nitrogen and oxygen atoms in total. The average Bonchev–Trinajstić information content (AvgIpc) is 2.82. The molecule has 118 valence electrons. The Balaban J connectivity index is 1.68. The van der Waals surface area contributed by atoms with Gasteiger partial charge >= 0.3 is 0 Å². The summed E-state index contributed by atoms with van der Waals surface area (Å²) in [4.78, 5) is 11.8. The summed E-state index contributed by atoms with van der Waals surface area (Å²) in [7, 11) is 0. The lowest BCUT2D eigenvalue weighted by Crippen LogP contribution is -2.62. The fourth-order valence-corrected chi connectivity index (χ4v) is 7.04. The van der Waals surface area contributed by atoms with Crippen molar-refractivity contribution < 1.29 is 4.79 Å². The Morgan fingerprint density at radius 1 is 1.10 bits per heavy atom. The molecule has 4 aliphatic rings. The van der Waals surface area contributed by atoms with E-state index in [0.717, 1.165) is 36.5 Å². The molecule has 1 amide bonds. The second kappa shape index (κ2) is 4.49. The molecule has 0 aromatic carbocycles. The number of hydrogen-bond donors (Lipinski definition) is 1. The molecule has 1 aliphatic heterocycles. The molecule has 4 rings (SSSR count). The van der Waals surface area contributed by atoms with Crippen molar-refractivity contribution in [3.05, 3.63) is 0 Å². The average molecular weight is 289 g/mol. The van der Waals surface area contributed by atoms with Crippen LogP contribution in [0.25, 0.3) is 0 Å². The molecule has 0 spiro atoms. The molecule has 5 unspecified atom stereocenters. The van der Waals surface area contributed by atoms with Gasteiger partial charge in [0.15, 0.2) is 0 Å². The van der Waals surface area contributed by atoms with Crippen LogP contribution in [0.3, 0.4) is 0 Å². The van der Waals surface area contributed by atoms with Crippen molar-refractivity contribution in [1.82, 2.24) is 5.32 Å². The highest BCUT2D eigenvalue weighted by Crippen LogP contribution is 2.65. The maximum atomic E-state index is 11.8. The van der Waals surface area contributed by atoms with Gasteiger partial charge in [0.05, 0.1) is 0 Å². The Morgan fingerprint density at radius 3 is 2.71 bits per heavy atom. The van der Waals surface area contributed by atoms with Gasteiger partial charge in [0.25, 0.3) is 0 Å². The van der Waals surface area contributed by atoms with Crippen molar-refractivity contribution in [3.8, 4) is 0 Å². The van der Waals surface area contributed by atoms with Crippen LogP contribution in [-0.2, 0) is 4.79 Å². The Kier molecular flexibility index (Phi) is 3.01. The number of rotatable bonds is 0. The van der Waals surface area contributed by atoms with Crippen molar-refractivity contribution >= 4 is 5.91 Å². The number of amides is 1. The van der Waals surface area contributed by atoms with E-state index in [1.165, 1.54) is 38.5 Å². The van der Waals surface area contributed by atoms with E-state index < -0.39 is 0 Å². The van der Waals surface area contributed by atoms with Crippen molar-refractivity contribution in [2.45, 2.75) is 78.2 Å². The molecule has 4 fully saturated rings. The van der Waals surface area contributed by atoms with Crippen molar-refractivity contribution in [3.63, 3.8) is 0 Å². The van der Waals surface area contributed by atoms with E-state index in [1.54, 1.807) is 0 Å². The lowest BCUT2D eigenvalue weighted by Gasteiger charge is -2.61. The van der Waals surface area contributed by atoms with E-state index in [0.29, 0.717) is 22.8 Å². The number of hydrogen-bond acceptors (Lipinski definition) is 1. The lowest BCUT2D eigenvalue weighted by molar-refractivity contribution is -0.141. The summed E-state index contributed by atoms with van der Waals surface area (Å²) in [6.07, 6.45) is 10.3. The minimum atomic E-state index is 0.296. The van der Waals surface area contributed by atoms with Gasteiger partial charge in [-0.05, 0) is 73.0 Å². The van der Waals surface area contributed by atoms with Crippen LogP contribution in [0, 0.1) is 34.5 Å². The second-order valence-electron chi connectivity index (χ2n) is 9.21. The minimum absolute atomic E-state index is 0.296. The number of carbonyl (C=O) groups excluding carboxylic acids is 1. The molecule has 0 bridgehead atoms. The second-order valence-corrected chi connectivity index (χ2v) is 9.21. The SMILES string of the molecule is CC1CC2NC(=O)CC[C@]2(C)C2CC[C@]3(C)CCCC3C12. The Hall–Kier alpha value is -0.530. The summed E-state index contributed by atoms with van der Waals surface area (Å²) in [5.41, 5.74) is 1.01. The molecule has 0 radical (unpaired) electrons. The zero-order valence-corrected chi connectivity index (χ0v) is 14.0. The van der Waals surface area contributed by atoms with Crippen LogP contribution in [-0.4, -0.2) is 11.9 Å². The van der Waals surface area contributed by atoms with Crippen molar-refractivity contribution in [1.29, 1.82) is 0 Å². The van der Waals surface area contributed by atoms with Crippen molar-refractivity contribution in [2.24, 2.45) is 34.5 Å². The summed E-state index contributed by atoms with van der Waals surface area (Å²) >= 11 is 0. The molecule has 3 saturated carbocycles. The highest BCUT2D eigenvalue weighted by Gasteiger charge is 2.59. The van der Waals surface area contributed by atoms with E-state index in [4.69, 9.17) is 0 Å². The summed E-state index contributed by atoms with van der Waals surface area (Å²) in [5.74, 6) is 3.81. The largest absolute Gasteiger partial charge is 0.353 e. The van der Waals surface area contributed by atoms with E-state index in [9.17, 15) is 4.79 Å². The third-order valence-corrected chi connectivity index (χ3v) is 8.25. The quantitative estimate of drug-likeness (QED) is 0.713. The van der Waals surface area contributed by atoms with Crippen LogP contribution in [0.15, 0.2) is 0 Å². The molecule has 0 aromatic heterocycles. The molecule has 7 atom stereocenters. The first-order valence-corrected chi connectivity index (χ1v) is 9.23. The summed E-state index contributed by atoms with van der Waals surface area (Å²) in [6.45, 7) is 7.55. The van der Waals surface area contributed by atoms with Gasteiger partial charge in [-0.1, -0.05) is 27.2 Å². The van der Waals surface area contributed by atoms with Crippen molar-refractivity contribution in [2.75, 3.05) is 0 Å².